The first kappa shape index (κ1) is 15.9. The molecule has 2 aromatic carbocycles. The van der Waals surface area contributed by atoms with Crippen LogP contribution in [-0.2, 0) is 0 Å². The van der Waals surface area contributed by atoms with Gasteiger partial charge in [-0.2, -0.15) is 8.80 Å². The molecule has 0 unspecified atom stereocenters. The Labute approximate surface area is 164 Å². The maximum atomic E-state index is 2.53. The van der Waals surface area contributed by atoms with Gasteiger partial charge in [-0.15, -0.1) is 0 Å². The lowest BCUT2D eigenvalue weighted by Crippen LogP contribution is -2.29. The first-order valence-corrected chi connectivity index (χ1v) is 10.3. The van der Waals surface area contributed by atoms with E-state index < -0.39 is 0 Å². The van der Waals surface area contributed by atoms with E-state index in [4.69, 9.17) is 0 Å². The van der Waals surface area contributed by atoms with Crippen molar-refractivity contribution < 1.29 is 4.40 Å². The fourth-order valence-electron chi connectivity index (χ4n) is 4.82. The molecule has 0 bridgehead atoms. The Morgan fingerprint density at radius 3 is 2.54 bits per heavy atom. The van der Waals surface area contributed by atoms with E-state index in [9.17, 15) is 0 Å². The van der Waals surface area contributed by atoms with E-state index in [2.05, 4.69) is 87.5 Å². The first-order chi connectivity index (χ1) is 13.8. The van der Waals surface area contributed by atoms with Crippen LogP contribution >= 0.6 is 0 Å². The average Bonchev–Trinajstić information content (AvgIpc) is 3.13. The monoisotopic (exact) mass is 366 g/mol. The molecule has 6 rings (SSSR count). The smallest absolute Gasteiger partial charge is 0.292 e. The minimum absolute atomic E-state index is 1.18. The minimum atomic E-state index is 1.18. The van der Waals surface area contributed by atoms with Gasteiger partial charge in [0.15, 0.2) is 5.52 Å². The zero-order chi connectivity index (χ0) is 18.7. The van der Waals surface area contributed by atoms with Gasteiger partial charge < -0.3 is 4.90 Å². The number of rotatable bonds is 1. The molecule has 0 radical (unpaired) electrons. The SMILES string of the molecule is Cc1ccc2c(ccc3c[n+]4c5ccc(N6CCCCC6)cc5ccc4n32)c1. The van der Waals surface area contributed by atoms with Gasteiger partial charge in [0.2, 0.25) is 0 Å². The fraction of sp³-hybridized carbons (Fsp3) is 0.240. The molecule has 5 aromatic rings. The number of hydrogen-bond acceptors (Lipinski definition) is 1. The summed E-state index contributed by atoms with van der Waals surface area (Å²) in [6.45, 7) is 4.52. The van der Waals surface area contributed by atoms with Gasteiger partial charge in [0.1, 0.15) is 17.2 Å². The number of hydrogen-bond donors (Lipinski definition) is 0. The van der Waals surface area contributed by atoms with Gasteiger partial charge in [-0.25, -0.2) is 0 Å². The molecule has 0 spiro atoms. The molecule has 0 N–H and O–H groups in total. The van der Waals surface area contributed by atoms with Crippen LogP contribution < -0.4 is 9.30 Å². The van der Waals surface area contributed by atoms with Crippen LogP contribution in [0.25, 0.3) is 33.0 Å². The summed E-state index contributed by atoms with van der Waals surface area (Å²) in [6, 6.07) is 22.6. The molecule has 0 aliphatic carbocycles. The topological polar surface area (TPSA) is 11.8 Å². The highest BCUT2D eigenvalue weighted by atomic mass is 15.1. The summed E-state index contributed by atoms with van der Waals surface area (Å²) in [6.07, 6.45) is 6.25. The molecule has 3 nitrogen and oxygen atoms in total. The number of nitrogens with zero attached hydrogens (tertiary/aromatic N) is 3. The van der Waals surface area contributed by atoms with Crippen LogP contribution in [0.2, 0.25) is 0 Å². The van der Waals surface area contributed by atoms with Crippen molar-refractivity contribution in [1.82, 2.24) is 4.40 Å². The van der Waals surface area contributed by atoms with E-state index in [1.165, 1.54) is 76.6 Å². The first-order valence-electron chi connectivity index (χ1n) is 10.3. The van der Waals surface area contributed by atoms with E-state index in [0.29, 0.717) is 0 Å². The molecule has 0 amide bonds. The Hall–Kier alpha value is -3.07. The highest BCUT2D eigenvalue weighted by Crippen LogP contribution is 2.26. The van der Waals surface area contributed by atoms with Crippen LogP contribution in [-0.4, -0.2) is 17.5 Å². The molecule has 0 saturated carbocycles. The fourth-order valence-corrected chi connectivity index (χ4v) is 4.82. The molecule has 1 aliphatic rings. The normalized spacial score (nSPS) is 15.2. The van der Waals surface area contributed by atoms with Crippen molar-refractivity contribution in [3.05, 3.63) is 72.4 Å². The minimum Gasteiger partial charge on any atom is -0.372 e. The summed E-state index contributed by atoms with van der Waals surface area (Å²) in [5.41, 5.74) is 7.62. The molecule has 138 valence electrons. The van der Waals surface area contributed by atoms with E-state index in [1.807, 2.05) is 0 Å². The van der Waals surface area contributed by atoms with E-state index in [1.54, 1.807) is 0 Å². The quantitative estimate of drug-likeness (QED) is 0.367. The van der Waals surface area contributed by atoms with Crippen LogP contribution in [0.15, 0.2) is 66.9 Å². The Kier molecular flexibility index (Phi) is 3.39. The number of piperidine rings is 1. The van der Waals surface area contributed by atoms with Crippen molar-refractivity contribution in [1.29, 1.82) is 0 Å². The van der Waals surface area contributed by atoms with Crippen molar-refractivity contribution in [2.45, 2.75) is 26.2 Å². The predicted molar refractivity (Wildman–Crippen MR) is 116 cm³/mol. The molecule has 0 atom stereocenters. The highest BCUT2D eigenvalue weighted by molar-refractivity contribution is 5.86. The lowest BCUT2D eigenvalue weighted by atomic mass is 10.1. The van der Waals surface area contributed by atoms with Gasteiger partial charge in [0.25, 0.3) is 5.65 Å². The molecule has 1 saturated heterocycles. The predicted octanol–water partition coefficient (Wildman–Crippen LogP) is 5.28. The molecule has 4 heterocycles. The summed E-state index contributed by atoms with van der Waals surface area (Å²) in [5.74, 6) is 0. The number of pyridine rings is 2. The Morgan fingerprint density at radius 2 is 1.64 bits per heavy atom. The van der Waals surface area contributed by atoms with Crippen molar-refractivity contribution in [3.8, 4) is 0 Å². The molecule has 3 aromatic heterocycles. The molecular formula is C25H24N3+. The van der Waals surface area contributed by atoms with Gasteiger partial charge in [0, 0.05) is 35.6 Å². The second-order valence-corrected chi connectivity index (χ2v) is 8.14. The van der Waals surface area contributed by atoms with Gasteiger partial charge in [0.05, 0.1) is 0 Å². The summed E-state index contributed by atoms with van der Waals surface area (Å²) >= 11 is 0. The van der Waals surface area contributed by atoms with Crippen molar-refractivity contribution in [3.63, 3.8) is 0 Å². The van der Waals surface area contributed by atoms with Gasteiger partial charge >= 0.3 is 0 Å². The second kappa shape index (κ2) is 5.96. The van der Waals surface area contributed by atoms with E-state index >= 15 is 0 Å². The lowest BCUT2D eigenvalue weighted by molar-refractivity contribution is -0.479. The van der Waals surface area contributed by atoms with Crippen molar-refractivity contribution >= 4 is 38.7 Å². The van der Waals surface area contributed by atoms with Crippen molar-refractivity contribution in [2.24, 2.45) is 0 Å². The van der Waals surface area contributed by atoms with Crippen LogP contribution in [0.4, 0.5) is 5.69 Å². The lowest BCUT2D eigenvalue weighted by Gasteiger charge is -2.28. The number of benzene rings is 2. The summed E-state index contributed by atoms with van der Waals surface area (Å²) < 4.78 is 4.71. The third-order valence-electron chi connectivity index (χ3n) is 6.26. The Bertz CT molecular complexity index is 1360. The molecule has 1 aliphatic heterocycles. The number of aryl methyl sites for hydroxylation is 1. The molecule has 28 heavy (non-hydrogen) atoms. The number of imidazole rings is 1. The van der Waals surface area contributed by atoms with Crippen LogP contribution in [0, 0.1) is 6.92 Å². The third-order valence-corrected chi connectivity index (χ3v) is 6.26. The maximum Gasteiger partial charge on any atom is 0.292 e. The third kappa shape index (κ3) is 2.32. The summed E-state index contributed by atoms with van der Waals surface area (Å²) in [7, 11) is 0. The molecule has 3 heteroatoms. The Balaban J connectivity index is 1.60. The van der Waals surface area contributed by atoms with Crippen molar-refractivity contribution in [2.75, 3.05) is 18.0 Å². The standard InChI is InChI=1S/C25H24N3/c1-18-5-10-24-19(15-18)6-8-22-17-27-23-11-9-21(26-13-3-2-4-14-26)16-20(23)7-12-25(27)28(22)24/h5-12,15-17H,2-4,13-14H2,1H3/q+1. The van der Waals surface area contributed by atoms with Gasteiger partial charge in [-0.1, -0.05) is 11.6 Å². The highest BCUT2D eigenvalue weighted by Gasteiger charge is 2.18. The Morgan fingerprint density at radius 1 is 0.786 bits per heavy atom. The molecular weight excluding hydrogens is 342 g/mol. The van der Waals surface area contributed by atoms with E-state index in [0.717, 1.165) is 0 Å². The largest absolute Gasteiger partial charge is 0.372 e. The average molecular weight is 366 g/mol. The van der Waals surface area contributed by atoms with Gasteiger partial charge in [-0.3, -0.25) is 0 Å². The number of aromatic nitrogens is 2. The number of fused-ring (bicyclic) bond motifs is 7. The summed E-state index contributed by atoms with van der Waals surface area (Å²) in [4.78, 5) is 2.53. The van der Waals surface area contributed by atoms with Crippen LogP contribution in [0.3, 0.4) is 0 Å². The van der Waals surface area contributed by atoms with E-state index in [-0.39, 0.29) is 0 Å². The van der Waals surface area contributed by atoms with Gasteiger partial charge in [-0.05, 0) is 74.7 Å². The number of anilines is 1. The second-order valence-electron chi connectivity index (χ2n) is 8.14. The zero-order valence-corrected chi connectivity index (χ0v) is 16.2. The summed E-state index contributed by atoms with van der Waals surface area (Å²) in [5, 5.41) is 2.59. The maximum absolute atomic E-state index is 2.53. The van der Waals surface area contributed by atoms with Crippen LogP contribution in [0.1, 0.15) is 24.8 Å². The molecule has 1 fully saturated rings. The van der Waals surface area contributed by atoms with Crippen LogP contribution in [0.5, 0.6) is 0 Å². The zero-order valence-electron chi connectivity index (χ0n) is 16.2.